The third kappa shape index (κ3) is 4.20. The van der Waals surface area contributed by atoms with Gasteiger partial charge < -0.3 is 9.47 Å². The fourth-order valence-corrected chi connectivity index (χ4v) is 2.18. The molecule has 0 atom stereocenters. The predicted molar refractivity (Wildman–Crippen MR) is 89.5 cm³/mol. The smallest absolute Gasteiger partial charge is 0.337 e. The topological polar surface area (TPSA) is 52.6 Å². The average molecular weight is 331 g/mol. The van der Waals surface area contributed by atoms with Crippen molar-refractivity contribution in [2.75, 3.05) is 14.2 Å². The van der Waals surface area contributed by atoms with Crippen LogP contribution in [0.15, 0.2) is 42.5 Å². The standard InChI is InChI=1S/C18H15ClO4/c1-22-17(20)14-7-4-12(5-8-14)3-6-13-9-10-15(11-16(13)19)18(21)23-2/h3-11H,1-2H3. The van der Waals surface area contributed by atoms with Gasteiger partial charge in [-0.15, -0.1) is 0 Å². The van der Waals surface area contributed by atoms with Crippen molar-refractivity contribution in [3.05, 3.63) is 69.7 Å². The van der Waals surface area contributed by atoms with Gasteiger partial charge in [0.1, 0.15) is 0 Å². The summed E-state index contributed by atoms with van der Waals surface area (Å²) in [5, 5.41) is 0.454. The average Bonchev–Trinajstić information content (AvgIpc) is 2.59. The van der Waals surface area contributed by atoms with Gasteiger partial charge in [0.2, 0.25) is 0 Å². The second kappa shape index (κ2) is 7.61. The molecule has 0 heterocycles. The summed E-state index contributed by atoms with van der Waals surface area (Å²) in [6, 6.07) is 11.9. The van der Waals surface area contributed by atoms with Gasteiger partial charge in [0.25, 0.3) is 0 Å². The summed E-state index contributed by atoms with van der Waals surface area (Å²) in [5.41, 5.74) is 2.57. The molecule has 23 heavy (non-hydrogen) atoms. The van der Waals surface area contributed by atoms with Crippen LogP contribution in [0.2, 0.25) is 5.02 Å². The maximum atomic E-state index is 11.4. The van der Waals surface area contributed by atoms with Gasteiger partial charge in [0.05, 0.1) is 25.3 Å². The number of rotatable bonds is 4. The number of halogens is 1. The Kier molecular flexibility index (Phi) is 5.55. The molecule has 0 saturated heterocycles. The van der Waals surface area contributed by atoms with Crippen LogP contribution in [0, 0.1) is 0 Å². The van der Waals surface area contributed by atoms with Crippen LogP contribution >= 0.6 is 11.6 Å². The Bertz CT molecular complexity index is 748. The predicted octanol–water partition coefficient (Wildman–Crippen LogP) is 4.08. The highest BCUT2D eigenvalue weighted by molar-refractivity contribution is 6.32. The van der Waals surface area contributed by atoms with Gasteiger partial charge in [0, 0.05) is 5.02 Å². The lowest BCUT2D eigenvalue weighted by Crippen LogP contribution is -2.00. The number of hydrogen-bond acceptors (Lipinski definition) is 4. The third-order valence-corrected chi connectivity index (χ3v) is 3.54. The zero-order valence-electron chi connectivity index (χ0n) is 12.7. The van der Waals surface area contributed by atoms with Crippen molar-refractivity contribution >= 4 is 35.7 Å². The van der Waals surface area contributed by atoms with Crippen molar-refractivity contribution in [3.63, 3.8) is 0 Å². The molecule has 0 aliphatic rings. The van der Waals surface area contributed by atoms with Crippen LogP contribution < -0.4 is 0 Å². The quantitative estimate of drug-likeness (QED) is 0.626. The van der Waals surface area contributed by atoms with Gasteiger partial charge in [-0.05, 0) is 35.4 Å². The SMILES string of the molecule is COC(=O)c1ccc(C=Cc2ccc(C(=O)OC)cc2Cl)cc1. The van der Waals surface area contributed by atoms with Gasteiger partial charge in [-0.3, -0.25) is 0 Å². The zero-order valence-corrected chi connectivity index (χ0v) is 13.5. The molecule has 2 aromatic rings. The minimum atomic E-state index is -0.430. The Hall–Kier alpha value is -2.59. The third-order valence-electron chi connectivity index (χ3n) is 3.21. The summed E-state index contributed by atoms with van der Waals surface area (Å²) in [6.45, 7) is 0. The zero-order chi connectivity index (χ0) is 16.8. The van der Waals surface area contributed by atoms with Gasteiger partial charge >= 0.3 is 11.9 Å². The van der Waals surface area contributed by atoms with Gasteiger partial charge in [-0.1, -0.05) is 42.0 Å². The number of carbonyl (C=O) groups is 2. The Morgan fingerprint density at radius 1 is 0.870 bits per heavy atom. The van der Waals surface area contributed by atoms with Crippen molar-refractivity contribution < 1.29 is 19.1 Å². The van der Waals surface area contributed by atoms with Crippen LogP contribution in [0.1, 0.15) is 31.8 Å². The van der Waals surface area contributed by atoms with Crippen molar-refractivity contribution in [1.82, 2.24) is 0 Å². The van der Waals surface area contributed by atoms with E-state index in [1.807, 2.05) is 12.2 Å². The molecule has 4 nitrogen and oxygen atoms in total. The van der Waals surface area contributed by atoms with Crippen molar-refractivity contribution in [2.24, 2.45) is 0 Å². The van der Waals surface area contributed by atoms with Crippen LogP contribution in [0.3, 0.4) is 0 Å². The first-order chi connectivity index (χ1) is 11.0. The molecule has 0 radical (unpaired) electrons. The minimum absolute atomic E-state index is 0.373. The number of methoxy groups -OCH3 is 2. The Labute approximate surface area is 139 Å². The summed E-state index contributed by atoms with van der Waals surface area (Å²) in [6.07, 6.45) is 3.69. The maximum absolute atomic E-state index is 11.4. The Morgan fingerprint density at radius 3 is 2.00 bits per heavy atom. The highest BCUT2D eigenvalue weighted by atomic mass is 35.5. The van der Waals surface area contributed by atoms with E-state index in [0.29, 0.717) is 16.1 Å². The number of hydrogen-bond donors (Lipinski definition) is 0. The monoisotopic (exact) mass is 330 g/mol. The fraction of sp³-hybridized carbons (Fsp3) is 0.111. The number of esters is 2. The second-order valence-electron chi connectivity index (χ2n) is 4.67. The van der Waals surface area contributed by atoms with E-state index in [1.54, 1.807) is 42.5 Å². The molecule has 0 bridgehead atoms. The largest absolute Gasteiger partial charge is 0.465 e. The summed E-state index contributed by atoms with van der Waals surface area (Å²) < 4.78 is 9.30. The normalized spacial score (nSPS) is 10.6. The molecule has 0 aromatic heterocycles. The molecular formula is C18H15ClO4. The Morgan fingerprint density at radius 2 is 1.43 bits per heavy atom. The summed E-state index contributed by atoms with van der Waals surface area (Å²) in [7, 11) is 2.66. The van der Waals surface area contributed by atoms with Crippen LogP contribution in [-0.4, -0.2) is 26.2 Å². The second-order valence-corrected chi connectivity index (χ2v) is 5.08. The maximum Gasteiger partial charge on any atom is 0.337 e. The van der Waals surface area contributed by atoms with Gasteiger partial charge in [0.15, 0.2) is 0 Å². The van der Waals surface area contributed by atoms with Crippen molar-refractivity contribution in [2.45, 2.75) is 0 Å². The van der Waals surface area contributed by atoms with Crippen molar-refractivity contribution in [3.8, 4) is 0 Å². The molecule has 2 rings (SSSR count). The molecular weight excluding hydrogens is 316 g/mol. The molecule has 0 spiro atoms. The molecule has 2 aromatic carbocycles. The Balaban J connectivity index is 2.17. The summed E-state index contributed by atoms with van der Waals surface area (Å²) in [4.78, 5) is 22.8. The van der Waals surface area contributed by atoms with E-state index in [1.165, 1.54) is 14.2 Å². The molecule has 0 saturated carbocycles. The molecule has 0 aliphatic carbocycles. The number of carbonyl (C=O) groups excluding carboxylic acids is 2. The molecule has 0 unspecified atom stereocenters. The highest BCUT2D eigenvalue weighted by Gasteiger charge is 2.07. The minimum Gasteiger partial charge on any atom is -0.465 e. The van der Waals surface area contributed by atoms with Crippen LogP contribution in [0.25, 0.3) is 12.2 Å². The lowest BCUT2D eigenvalue weighted by atomic mass is 10.1. The van der Waals surface area contributed by atoms with E-state index in [9.17, 15) is 9.59 Å². The van der Waals surface area contributed by atoms with E-state index in [2.05, 4.69) is 9.47 Å². The van der Waals surface area contributed by atoms with Gasteiger partial charge in [-0.25, -0.2) is 9.59 Å². The number of ether oxygens (including phenoxy) is 2. The van der Waals surface area contributed by atoms with E-state index in [-0.39, 0.29) is 5.97 Å². The van der Waals surface area contributed by atoms with E-state index < -0.39 is 5.97 Å². The fourth-order valence-electron chi connectivity index (χ4n) is 1.94. The van der Waals surface area contributed by atoms with Gasteiger partial charge in [-0.2, -0.15) is 0 Å². The van der Waals surface area contributed by atoms with E-state index >= 15 is 0 Å². The molecule has 0 amide bonds. The molecule has 0 fully saturated rings. The first-order valence-corrected chi connectivity index (χ1v) is 7.17. The molecule has 118 valence electrons. The highest BCUT2D eigenvalue weighted by Crippen LogP contribution is 2.21. The lowest BCUT2D eigenvalue weighted by molar-refractivity contribution is 0.0592. The van der Waals surface area contributed by atoms with Crippen LogP contribution in [0.4, 0.5) is 0 Å². The van der Waals surface area contributed by atoms with Crippen molar-refractivity contribution in [1.29, 1.82) is 0 Å². The summed E-state index contributed by atoms with van der Waals surface area (Å²) >= 11 is 6.16. The van der Waals surface area contributed by atoms with Crippen LogP contribution in [0.5, 0.6) is 0 Å². The summed E-state index contributed by atoms with van der Waals surface area (Å²) in [5.74, 6) is -0.803. The van der Waals surface area contributed by atoms with E-state index in [4.69, 9.17) is 11.6 Å². The molecule has 0 aliphatic heterocycles. The first-order valence-electron chi connectivity index (χ1n) is 6.79. The molecule has 5 heteroatoms. The lowest BCUT2D eigenvalue weighted by Gasteiger charge is -2.03. The van der Waals surface area contributed by atoms with Crippen LogP contribution in [-0.2, 0) is 9.47 Å². The first kappa shape index (κ1) is 16.8. The molecule has 0 N–H and O–H groups in total. The van der Waals surface area contributed by atoms with E-state index in [0.717, 1.165) is 11.1 Å². The number of benzene rings is 2.